The van der Waals surface area contributed by atoms with Crippen molar-refractivity contribution in [3.63, 3.8) is 0 Å². The van der Waals surface area contributed by atoms with Gasteiger partial charge >= 0.3 is 5.97 Å². The molecule has 7 nitrogen and oxygen atoms in total. The fourth-order valence-corrected chi connectivity index (χ4v) is 3.23. The Hall–Kier alpha value is -3.58. The zero-order valence-electron chi connectivity index (χ0n) is 19.8. The minimum absolute atomic E-state index is 0.0608. The van der Waals surface area contributed by atoms with E-state index in [0.717, 1.165) is 16.9 Å². The lowest BCUT2D eigenvalue weighted by Gasteiger charge is -2.28. The van der Waals surface area contributed by atoms with Gasteiger partial charge in [0.1, 0.15) is 18.1 Å². The quantitative estimate of drug-likeness (QED) is 0.395. The first kappa shape index (κ1) is 22.6. The number of carboxylic acids is 1. The van der Waals surface area contributed by atoms with E-state index >= 15 is 0 Å². The lowest BCUT2D eigenvalue weighted by molar-refractivity contribution is -0.138. The Kier molecular flexibility index (Phi) is 8.14. The third kappa shape index (κ3) is 6.95. The van der Waals surface area contributed by atoms with Gasteiger partial charge in [-0.1, -0.05) is 30.3 Å². The van der Waals surface area contributed by atoms with Crippen LogP contribution in [0.15, 0.2) is 71.3 Å². The van der Waals surface area contributed by atoms with E-state index in [9.17, 15) is 9.59 Å². The monoisotopic (exact) mass is 452 g/mol. The Morgan fingerprint density at radius 3 is 2.45 bits per heavy atom. The molecule has 0 bridgehead atoms. The molecule has 2 aromatic carbocycles. The predicted octanol–water partition coefficient (Wildman–Crippen LogP) is 4.87. The highest BCUT2D eigenvalue weighted by atomic mass is 16.5. The number of aliphatic carboxylic acids is 1. The van der Waals surface area contributed by atoms with Gasteiger partial charge in [0.25, 0.3) is 5.91 Å². The van der Waals surface area contributed by atoms with Gasteiger partial charge in [0.2, 0.25) is 0 Å². The summed E-state index contributed by atoms with van der Waals surface area (Å²) in [6, 6.07) is 16.9. The van der Waals surface area contributed by atoms with Gasteiger partial charge in [-0.25, -0.2) is 0 Å². The second-order valence-corrected chi connectivity index (χ2v) is 7.61. The Balaban J connectivity index is 1.69. The number of para-hydroxylation sites is 1. The first-order chi connectivity index (χ1) is 16.3. The number of benzene rings is 2. The van der Waals surface area contributed by atoms with Gasteiger partial charge in [0, 0.05) is 29.3 Å². The Bertz CT molecular complexity index is 1070. The molecule has 0 spiro atoms. The van der Waals surface area contributed by atoms with Gasteiger partial charge in [-0.2, -0.15) is 0 Å². The van der Waals surface area contributed by atoms with Crippen molar-refractivity contribution < 1.29 is 30.0 Å². The van der Waals surface area contributed by atoms with Crippen molar-refractivity contribution in [2.24, 2.45) is 0 Å². The molecule has 0 radical (unpaired) electrons. The molecule has 33 heavy (non-hydrogen) atoms. The first-order valence-corrected chi connectivity index (χ1v) is 10.7. The zero-order chi connectivity index (χ0) is 24.6. The highest BCUT2D eigenvalue weighted by molar-refractivity contribution is 5.94. The topological polar surface area (TPSA) is 89.2 Å². The van der Waals surface area contributed by atoms with Gasteiger partial charge in [-0.05, 0) is 44.2 Å². The van der Waals surface area contributed by atoms with Crippen LogP contribution in [-0.2, 0) is 16.1 Å². The lowest BCUT2D eigenvalue weighted by atomic mass is 10.1. The van der Waals surface area contributed by atoms with Crippen LogP contribution in [0.25, 0.3) is 11.3 Å². The summed E-state index contributed by atoms with van der Waals surface area (Å²) in [7, 11) is 0. The van der Waals surface area contributed by atoms with Crippen LogP contribution >= 0.6 is 0 Å². The van der Waals surface area contributed by atoms with Gasteiger partial charge in [0.15, 0.2) is 0 Å². The van der Waals surface area contributed by atoms with E-state index < -0.39 is 12.0 Å². The molecule has 174 valence electrons. The number of ether oxygens (including phenoxy) is 2. The molecule has 3 rings (SSSR count). The molecule has 0 saturated heterocycles. The summed E-state index contributed by atoms with van der Waals surface area (Å²) in [5, 5.41) is 8.65. The van der Waals surface area contributed by atoms with E-state index in [1.807, 2.05) is 36.4 Å². The summed E-state index contributed by atoms with van der Waals surface area (Å²) in [6.45, 7) is 4.13. The van der Waals surface area contributed by atoms with Crippen molar-refractivity contribution in [1.82, 2.24) is 4.90 Å². The Labute approximate surface area is 194 Å². The summed E-state index contributed by atoms with van der Waals surface area (Å²) in [5.74, 6) is 0.122. The minimum atomic E-state index is -1.18. The van der Waals surface area contributed by atoms with Crippen molar-refractivity contribution in [1.29, 1.82) is 0 Å². The fourth-order valence-electron chi connectivity index (χ4n) is 3.23. The molecule has 0 saturated carbocycles. The summed E-state index contributed by atoms with van der Waals surface area (Å²) in [6.07, 6.45) is 1.54. The molecule has 0 atom stereocenters. The van der Waals surface area contributed by atoms with Crippen LogP contribution < -0.4 is 4.74 Å². The summed E-state index contributed by atoms with van der Waals surface area (Å²) >= 11 is 0. The van der Waals surface area contributed by atoms with Crippen LogP contribution in [0, 0.1) is 0 Å². The summed E-state index contributed by atoms with van der Waals surface area (Å²) in [4.78, 5) is 25.4. The number of rotatable bonds is 12. The van der Waals surface area contributed by atoms with E-state index in [2.05, 4.69) is 0 Å². The molecule has 0 aliphatic heterocycles. The molecule has 1 amide bonds. The van der Waals surface area contributed by atoms with Crippen LogP contribution in [-0.4, -0.2) is 47.7 Å². The lowest BCUT2D eigenvalue weighted by Crippen LogP contribution is -2.36. The van der Waals surface area contributed by atoms with Crippen LogP contribution in [0.3, 0.4) is 0 Å². The van der Waals surface area contributed by atoms with E-state index in [0.29, 0.717) is 11.3 Å². The average Bonchev–Trinajstić information content (AvgIpc) is 3.34. The molecule has 1 heterocycles. The largest absolute Gasteiger partial charge is 0.491 e. The molecule has 0 aliphatic rings. The number of carbonyl (C=O) groups is 2. The van der Waals surface area contributed by atoms with Crippen molar-refractivity contribution in [2.75, 3.05) is 19.8 Å². The maximum Gasteiger partial charge on any atom is 0.305 e. The number of nitrogens with zero attached hydrogens (tertiary/aromatic N) is 1. The predicted molar refractivity (Wildman–Crippen MR) is 124 cm³/mol. The second-order valence-electron chi connectivity index (χ2n) is 7.61. The number of amides is 1. The fraction of sp³-hybridized carbons (Fsp3) is 0.308. The molecule has 7 heteroatoms. The standard InChI is InChI=1S/C26H29NO6/c1-19(2)27(26(30)21-11-9-20(10-12-21)23-8-5-14-32-23)18-22-6-3-4-7-24(22)33-17-16-31-15-13-25(28)29/h3-12,14,19H,13,15-18H2,1-2H3,(H,28,29)/i19D. The molecule has 1 N–H and O–H groups in total. The van der Waals surface area contributed by atoms with Crippen molar-refractivity contribution in [3.05, 3.63) is 78.1 Å². The van der Waals surface area contributed by atoms with E-state index in [1.54, 1.807) is 44.4 Å². The van der Waals surface area contributed by atoms with Crippen molar-refractivity contribution in [3.8, 4) is 17.1 Å². The second kappa shape index (κ2) is 11.9. The average molecular weight is 453 g/mol. The molecule has 3 aromatic rings. The first-order valence-electron chi connectivity index (χ1n) is 11.2. The zero-order valence-corrected chi connectivity index (χ0v) is 18.8. The van der Waals surface area contributed by atoms with Crippen molar-refractivity contribution >= 4 is 11.9 Å². The molecule has 0 fully saturated rings. The number of furan rings is 1. The number of carboxylic acid groups (broad SMARTS) is 1. The van der Waals surface area contributed by atoms with Crippen molar-refractivity contribution in [2.45, 2.75) is 32.8 Å². The van der Waals surface area contributed by atoms with Crippen LogP contribution in [0.1, 0.15) is 37.6 Å². The maximum absolute atomic E-state index is 13.4. The third-order valence-electron chi connectivity index (χ3n) is 4.97. The van der Waals surface area contributed by atoms with Crippen LogP contribution in [0.2, 0.25) is 0 Å². The number of hydrogen-bond acceptors (Lipinski definition) is 5. The molecule has 1 aromatic heterocycles. The van der Waals surface area contributed by atoms with Gasteiger partial charge < -0.3 is 23.9 Å². The minimum Gasteiger partial charge on any atom is -0.491 e. The molecule has 0 aliphatic carbocycles. The van der Waals surface area contributed by atoms with Gasteiger partial charge in [-0.3, -0.25) is 9.59 Å². The SMILES string of the molecule is [2H]C(C)(C)N(Cc1ccccc1OCCOCCC(=O)O)C(=O)c1ccc(-c2ccco2)cc1. The van der Waals surface area contributed by atoms with Gasteiger partial charge in [-0.15, -0.1) is 0 Å². The van der Waals surface area contributed by atoms with Gasteiger partial charge in [0.05, 0.1) is 27.3 Å². The van der Waals surface area contributed by atoms with E-state index in [-0.39, 0.29) is 38.7 Å². The third-order valence-corrected chi connectivity index (χ3v) is 4.97. The number of carbonyl (C=O) groups excluding carboxylic acids is 1. The molecular formula is C26H29NO6. The normalized spacial score (nSPS) is 11.6. The highest BCUT2D eigenvalue weighted by Gasteiger charge is 2.21. The molecule has 0 unspecified atom stereocenters. The van der Waals surface area contributed by atoms with E-state index in [1.165, 1.54) is 4.90 Å². The maximum atomic E-state index is 13.4. The highest BCUT2D eigenvalue weighted by Crippen LogP contribution is 2.24. The summed E-state index contributed by atoms with van der Waals surface area (Å²) in [5.41, 5.74) is 2.09. The Morgan fingerprint density at radius 2 is 1.79 bits per heavy atom. The summed E-state index contributed by atoms with van der Waals surface area (Å²) < 4.78 is 25.1. The number of hydrogen-bond donors (Lipinski definition) is 1. The smallest absolute Gasteiger partial charge is 0.305 e. The van der Waals surface area contributed by atoms with E-state index in [4.69, 9.17) is 20.4 Å². The Morgan fingerprint density at radius 1 is 1.03 bits per heavy atom. The van der Waals surface area contributed by atoms with Crippen LogP contribution in [0.5, 0.6) is 5.75 Å². The van der Waals surface area contributed by atoms with Crippen LogP contribution in [0.4, 0.5) is 0 Å². The molecular weight excluding hydrogens is 422 g/mol.